The van der Waals surface area contributed by atoms with Gasteiger partial charge in [-0.3, -0.25) is 0 Å². The van der Waals surface area contributed by atoms with Crippen molar-refractivity contribution in [3.8, 4) is 11.5 Å². The van der Waals surface area contributed by atoms with E-state index >= 15 is 0 Å². The molecule has 2 heterocycles. The van der Waals surface area contributed by atoms with Crippen molar-refractivity contribution in [3.05, 3.63) is 36.0 Å². The predicted molar refractivity (Wildman–Crippen MR) is 71.5 cm³/mol. The van der Waals surface area contributed by atoms with E-state index in [1.54, 1.807) is 18.2 Å². The lowest BCUT2D eigenvalue weighted by molar-refractivity contribution is 0.0697. The van der Waals surface area contributed by atoms with E-state index in [1.165, 1.54) is 12.3 Å². The summed E-state index contributed by atoms with van der Waals surface area (Å²) in [4.78, 5) is 15.2. The Morgan fingerprint density at radius 2 is 2.10 bits per heavy atom. The van der Waals surface area contributed by atoms with Crippen LogP contribution in [0.25, 0.3) is 0 Å². The van der Waals surface area contributed by atoms with Crippen LogP contribution in [0.2, 0.25) is 0 Å². The van der Waals surface area contributed by atoms with Gasteiger partial charge in [0.15, 0.2) is 11.5 Å². The first kappa shape index (κ1) is 12.1. The normalized spacial score (nSPS) is 12.2. The van der Waals surface area contributed by atoms with Crippen molar-refractivity contribution >= 4 is 23.2 Å². The van der Waals surface area contributed by atoms with Crippen LogP contribution in [0.15, 0.2) is 30.5 Å². The first-order valence-electron chi connectivity index (χ1n) is 5.79. The Labute approximate surface area is 114 Å². The van der Waals surface area contributed by atoms with E-state index < -0.39 is 5.97 Å². The molecular weight excluding hydrogens is 262 g/mol. The highest BCUT2D eigenvalue weighted by atomic mass is 16.7. The number of hydrogen-bond donors (Lipinski definition) is 3. The number of rotatable bonds is 3. The number of ether oxygens (including phenoxy) is 2. The number of aromatic carboxylic acids is 1. The molecule has 3 rings (SSSR count). The number of nitrogens with zero attached hydrogens (tertiary/aromatic N) is 1. The molecule has 7 heteroatoms. The summed E-state index contributed by atoms with van der Waals surface area (Å²) in [5.41, 5.74) is 6.48. The third kappa shape index (κ3) is 2.16. The second kappa shape index (κ2) is 4.61. The maximum absolute atomic E-state index is 11.2. The topological polar surface area (TPSA) is 107 Å². The maximum Gasteiger partial charge on any atom is 0.339 e. The Bertz CT molecular complexity index is 687. The number of benzene rings is 1. The molecule has 7 nitrogen and oxygen atoms in total. The summed E-state index contributed by atoms with van der Waals surface area (Å²) in [6.45, 7) is 0.180. The summed E-state index contributed by atoms with van der Waals surface area (Å²) >= 11 is 0. The van der Waals surface area contributed by atoms with Crippen LogP contribution in [0, 0.1) is 0 Å². The van der Waals surface area contributed by atoms with E-state index in [0.717, 1.165) is 0 Å². The van der Waals surface area contributed by atoms with Gasteiger partial charge in [-0.25, -0.2) is 9.78 Å². The van der Waals surface area contributed by atoms with Crippen LogP contribution >= 0.6 is 0 Å². The van der Waals surface area contributed by atoms with E-state index in [9.17, 15) is 4.79 Å². The maximum atomic E-state index is 11.2. The minimum absolute atomic E-state index is 0.00247. The second-order valence-corrected chi connectivity index (χ2v) is 4.16. The first-order valence-corrected chi connectivity index (χ1v) is 5.79. The van der Waals surface area contributed by atoms with Crippen molar-refractivity contribution in [3.63, 3.8) is 0 Å². The number of carboxylic acid groups (broad SMARTS) is 1. The van der Waals surface area contributed by atoms with Crippen LogP contribution in [0.1, 0.15) is 10.4 Å². The molecule has 1 aliphatic rings. The third-order valence-corrected chi connectivity index (χ3v) is 2.77. The lowest BCUT2D eigenvalue weighted by Crippen LogP contribution is -2.06. The number of nitrogen functional groups attached to an aromatic ring is 1. The average Bonchev–Trinajstić information content (AvgIpc) is 2.88. The van der Waals surface area contributed by atoms with Gasteiger partial charge < -0.3 is 25.6 Å². The summed E-state index contributed by atoms with van der Waals surface area (Å²) in [5.74, 6) is 0.361. The second-order valence-electron chi connectivity index (χ2n) is 4.16. The number of carboxylic acids is 1. The van der Waals surface area contributed by atoms with Crippen molar-refractivity contribution in [2.75, 3.05) is 17.8 Å². The fraction of sp³-hybridized carbons (Fsp3) is 0.0769. The standard InChI is InChI=1S/C13H11N3O4/c14-7-3-9(13(17)18)12(15-5-7)16-8-1-2-10-11(4-8)20-6-19-10/h1-5H,6,14H2,(H,15,16)(H,17,18). The van der Waals surface area contributed by atoms with Crippen molar-refractivity contribution in [2.24, 2.45) is 0 Å². The van der Waals surface area contributed by atoms with E-state index in [1.807, 2.05) is 0 Å². The smallest absolute Gasteiger partial charge is 0.339 e. The molecule has 102 valence electrons. The van der Waals surface area contributed by atoms with Crippen LogP contribution < -0.4 is 20.5 Å². The van der Waals surface area contributed by atoms with Gasteiger partial charge in [-0.1, -0.05) is 0 Å². The molecule has 20 heavy (non-hydrogen) atoms. The van der Waals surface area contributed by atoms with Crippen LogP contribution in [-0.4, -0.2) is 22.9 Å². The molecule has 1 aromatic heterocycles. The number of fused-ring (bicyclic) bond motifs is 1. The molecule has 4 N–H and O–H groups in total. The monoisotopic (exact) mass is 273 g/mol. The molecule has 0 bridgehead atoms. The van der Waals surface area contributed by atoms with Gasteiger partial charge in [-0.2, -0.15) is 0 Å². The minimum Gasteiger partial charge on any atom is -0.478 e. The van der Waals surface area contributed by atoms with Gasteiger partial charge in [-0.15, -0.1) is 0 Å². The highest BCUT2D eigenvalue weighted by Crippen LogP contribution is 2.35. The van der Waals surface area contributed by atoms with Crippen molar-refractivity contribution in [1.29, 1.82) is 0 Å². The highest BCUT2D eigenvalue weighted by Gasteiger charge is 2.16. The summed E-state index contributed by atoms with van der Waals surface area (Å²) in [5, 5.41) is 12.1. The van der Waals surface area contributed by atoms with Gasteiger partial charge in [-0.05, 0) is 18.2 Å². The predicted octanol–water partition coefficient (Wildman–Crippen LogP) is 1.83. The molecule has 0 fully saturated rings. The van der Waals surface area contributed by atoms with E-state index in [0.29, 0.717) is 22.9 Å². The summed E-state index contributed by atoms with van der Waals surface area (Å²) in [7, 11) is 0. The largest absolute Gasteiger partial charge is 0.478 e. The molecule has 1 aromatic carbocycles. The lowest BCUT2D eigenvalue weighted by atomic mass is 10.2. The van der Waals surface area contributed by atoms with Gasteiger partial charge in [0.1, 0.15) is 11.4 Å². The van der Waals surface area contributed by atoms with Gasteiger partial charge in [0.05, 0.1) is 11.9 Å². The van der Waals surface area contributed by atoms with E-state index in [2.05, 4.69) is 10.3 Å². The zero-order valence-corrected chi connectivity index (χ0v) is 10.3. The molecule has 0 atom stereocenters. The first-order chi connectivity index (χ1) is 9.63. The molecule has 0 saturated carbocycles. The number of aromatic nitrogens is 1. The quantitative estimate of drug-likeness (QED) is 0.783. The molecule has 0 unspecified atom stereocenters. The lowest BCUT2D eigenvalue weighted by Gasteiger charge is -2.09. The van der Waals surface area contributed by atoms with Gasteiger partial charge in [0.2, 0.25) is 6.79 Å². The average molecular weight is 273 g/mol. The zero-order valence-electron chi connectivity index (χ0n) is 10.3. The number of anilines is 3. The molecule has 0 spiro atoms. The number of carbonyl (C=O) groups is 1. The Morgan fingerprint density at radius 3 is 2.90 bits per heavy atom. The van der Waals surface area contributed by atoms with Crippen molar-refractivity contribution in [2.45, 2.75) is 0 Å². The molecular formula is C13H11N3O4. The highest BCUT2D eigenvalue weighted by molar-refractivity contribution is 5.95. The van der Waals surface area contributed by atoms with E-state index in [-0.39, 0.29) is 18.2 Å². The van der Waals surface area contributed by atoms with E-state index in [4.69, 9.17) is 20.3 Å². The Hall–Kier alpha value is -2.96. The van der Waals surface area contributed by atoms with Crippen LogP contribution in [0.3, 0.4) is 0 Å². The molecule has 0 amide bonds. The Balaban J connectivity index is 1.93. The fourth-order valence-corrected chi connectivity index (χ4v) is 1.85. The van der Waals surface area contributed by atoms with Crippen LogP contribution in [0.4, 0.5) is 17.2 Å². The molecule has 0 aliphatic carbocycles. The molecule has 1 aliphatic heterocycles. The van der Waals surface area contributed by atoms with Crippen molar-refractivity contribution in [1.82, 2.24) is 4.98 Å². The Kier molecular flexibility index (Phi) is 2.79. The van der Waals surface area contributed by atoms with Gasteiger partial charge in [0.25, 0.3) is 0 Å². The fourth-order valence-electron chi connectivity index (χ4n) is 1.85. The van der Waals surface area contributed by atoms with Gasteiger partial charge >= 0.3 is 5.97 Å². The summed E-state index contributed by atoms with van der Waals surface area (Å²) in [6, 6.07) is 6.55. The number of pyridine rings is 1. The summed E-state index contributed by atoms with van der Waals surface area (Å²) in [6.07, 6.45) is 1.39. The molecule has 0 saturated heterocycles. The number of hydrogen-bond acceptors (Lipinski definition) is 6. The number of nitrogens with two attached hydrogens (primary N) is 1. The third-order valence-electron chi connectivity index (χ3n) is 2.77. The SMILES string of the molecule is Nc1cnc(Nc2ccc3c(c2)OCO3)c(C(=O)O)c1. The summed E-state index contributed by atoms with van der Waals surface area (Å²) < 4.78 is 10.5. The minimum atomic E-state index is -1.10. The zero-order chi connectivity index (χ0) is 14.1. The number of nitrogens with one attached hydrogen (secondary N) is 1. The Morgan fingerprint density at radius 1 is 1.30 bits per heavy atom. The molecule has 2 aromatic rings. The van der Waals surface area contributed by atoms with Crippen LogP contribution in [0.5, 0.6) is 11.5 Å². The van der Waals surface area contributed by atoms with Crippen molar-refractivity contribution < 1.29 is 19.4 Å². The van der Waals surface area contributed by atoms with Gasteiger partial charge in [0, 0.05) is 11.8 Å². The van der Waals surface area contributed by atoms with Crippen LogP contribution in [-0.2, 0) is 0 Å². The molecule has 0 radical (unpaired) electrons.